The summed E-state index contributed by atoms with van der Waals surface area (Å²) in [5.41, 5.74) is -1.05. The van der Waals surface area contributed by atoms with Crippen LogP contribution in [0, 0.1) is 0 Å². The van der Waals surface area contributed by atoms with E-state index in [0.29, 0.717) is 44.7 Å². The van der Waals surface area contributed by atoms with Gasteiger partial charge in [0, 0.05) is 37.2 Å². The molecule has 0 spiro atoms. The van der Waals surface area contributed by atoms with Crippen molar-refractivity contribution in [2.45, 2.75) is 36.8 Å². The number of ether oxygens (including phenoxy) is 1. The average molecular weight is 476 g/mol. The van der Waals surface area contributed by atoms with Crippen molar-refractivity contribution in [2.24, 2.45) is 0 Å². The number of aromatic nitrogens is 2. The second kappa shape index (κ2) is 8.98. The van der Waals surface area contributed by atoms with Crippen molar-refractivity contribution in [2.75, 3.05) is 32.8 Å². The molecular formula is C21H22F6N4O2. The molecule has 0 bridgehead atoms. The van der Waals surface area contributed by atoms with E-state index in [2.05, 4.69) is 10.2 Å². The van der Waals surface area contributed by atoms with Gasteiger partial charge in [-0.25, -0.2) is 0 Å². The van der Waals surface area contributed by atoms with Crippen molar-refractivity contribution in [3.05, 3.63) is 52.8 Å². The van der Waals surface area contributed by atoms with E-state index in [0.717, 1.165) is 18.2 Å². The Bertz CT molecular complexity index is 953. The molecule has 3 unspecified atom stereocenters. The van der Waals surface area contributed by atoms with E-state index in [1.54, 1.807) is 0 Å². The molecule has 1 aromatic heterocycles. The highest BCUT2D eigenvalue weighted by molar-refractivity contribution is 5.49. The van der Waals surface area contributed by atoms with Crippen LogP contribution in [0.2, 0.25) is 0 Å². The SMILES string of the molecule is O=CN1CC(c2ccc(C(F)(F)F)cc2)CC(c2cc(C(F)(F)F)n[nH]2)C1N1CCOCC1. The Labute approximate surface area is 185 Å². The number of hydrogen-bond donors (Lipinski definition) is 1. The van der Waals surface area contributed by atoms with Crippen molar-refractivity contribution in [3.63, 3.8) is 0 Å². The molecule has 2 aliphatic rings. The number of benzene rings is 1. The van der Waals surface area contributed by atoms with Gasteiger partial charge in [0.25, 0.3) is 0 Å². The number of alkyl halides is 6. The third-order valence-electron chi connectivity index (χ3n) is 6.22. The summed E-state index contributed by atoms with van der Waals surface area (Å²) in [6.07, 6.45) is -8.66. The third-order valence-corrected chi connectivity index (χ3v) is 6.22. The first kappa shape index (κ1) is 23.6. The number of aromatic amines is 1. The number of piperidine rings is 1. The molecule has 0 radical (unpaired) electrons. The number of halogens is 6. The predicted octanol–water partition coefficient (Wildman–Crippen LogP) is 3.84. The Morgan fingerprint density at radius 3 is 2.24 bits per heavy atom. The van der Waals surface area contributed by atoms with Gasteiger partial charge in [0.1, 0.15) is 0 Å². The number of carbonyl (C=O) groups excluding carboxylic acids is 1. The molecule has 12 heteroatoms. The second-order valence-electron chi connectivity index (χ2n) is 8.23. The lowest BCUT2D eigenvalue weighted by Crippen LogP contribution is -2.58. The van der Waals surface area contributed by atoms with Crippen LogP contribution in [0.1, 0.15) is 40.8 Å². The Hall–Kier alpha value is -2.60. The molecule has 0 aliphatic carbocycles. The molecule has 2 fully saturated rings. The predicted molar refractivity (Wildman–Crippen MR) is 104 cm³/mol. The molecule has 2 aromatic rings. The Balaban J connectivity index is 1.68. The molecule has 3 atom stereocenters. The highest BCUT2D eigenvalue weighted by Gasteiger charge is 2.43. The van der Waals surface area contributed by atoms with Crippen molar-refractivity contribution in [3.8, 4) is 0 Å². The fraction of sp³-hybridized carbons (Fsp3) is 0.524. The lowest BCUT2D eigenvalue weighted by Gasteiger charge is -2.48. The van der Waals surface area contributed by atoms with Crippen LogP contribution in [0.15, 0.2) is 30.3 Å². The summed E-state index contributed by atoms with van der Waals surface area (Å²) in [7, 11) is 0. The molecule has 3 heterocycles. The molecular weight excluding hydrogens is 454 g/mol. The summed E-state index contributed by atoms with van der Waals surface area (Å²) in [6, 6.07) is 5.60. The number of nitrogens with one attached hydrogen (secondary N) is 1. The van der Waals surface area contributed by atoms with Crippen LogP contribution in [0.5, 0.6) is 0 Å². The van der Waals surface area contributed by atoms with Crippen LogP contribution >= 0.6 is 0 Å². The van der Waals surface area contributed by atoms with Crippen molar-refractivity contribution >= 4 is 6.41 Å². The van der Waals surface area contributed by atoms with E-state index in [4.69, 9.17) is 4.74 Å². The molecule has 180 valence electrons. The van der Waals surface area contributed by atoms with Crippen molar-refractivity contribution in [1.82, 2.24) is 20.0 Å². The topological polar surface area (TPSA) is 61.5 Å². The molecule has 4 rings (SSSR count). The maximum Gasteiger partial charge on any atom is 0.435 e. The monoisotopic (exact) mass is 476 g/mol. The smallest absolute Gasteiger partial charge is 0.379 e. The summed E-state index contributed by atoms with van der Waals surface area (Å²) < 4.78 is 83.7. The van der Waals surface area contributed by atoms with Gasteiger partial charge in [0.05, 0.1) is 24.9 Å². The van der Waals surface area contributed by atoms with Gasteiger partial charge >= 0.3 is 12.4 Å². The fourth-order valence-electron chi connectivity index (χ4n) is 4.65. The third kappa shape index (κ3) is 5.01. The van der Waals surface area contributed by atoms with Gasteiger partial charge in [0.15, 0.2) is 5.69 Å². The quantitative estimate of drug-likeness (QED) is 0.538. The number of likely N-dealkylation sites (tertiary alicyclic amines) is 1. The van der Waals surface area contributed by atoms with Crippen LogP contribution in [0.3, 0.4) is 0 Å². The first-order chi connectivity index (χ1) is 15.6. The minimum Gasteiger partial charge on any atom is -0.379 e. The number of rotatable bonds is 4. The summed E-state index contributed by atoms with van der Waals surface area (Å²) >= 11 is 0. The number of carbonyl (C=O) groups is 1. The van der Waals surface area contributed by atoms with Crippen LogP contribution in [-0.2, 0) is 21.9 Å². The van der Waals surface area contributed by atoms with Crippen molar-refractivity contribution < 1.29 is 35.9 Å². The van der Waals surface area contributed by atoms with Gasteiger partial charge in [-0.2, -0.15) is 31.4 Å². The van der Waals surface area contributed by atoms with Crippen LogP contribution in [0.25, 0.3) is 0 Å². The molecule has 2 saturated heterocycles. The Morgan fingerprint density at radius 2 is 1.70 bits per heavy atom. The minimum absolute atomic E-state index is 0.224. The van der Waals surface area contributed by atoms with Gasteiger partial charge in [-0.15, -0.1) is 0 Å². The van der Waals surface area contributed by atoms with Gasteiger partial charge in [0.2, 0.25) is 6.41 Å². The number of hydrogen-bond acceptors (Lipinski definition) is 4. The van der Waals surface area contributed by atoms with E-state index in [1.807, 2.05) is 4.90 Å². The molecule has 1 aromatic carbocycles. The number of H-pyrrole nitrogens is 1. The summed E-state index contributed by atoms with van der Waals surface area (Å²) in [5, 5.41) is 5.88. The van der Waals surface area contributed by atoms with Gasteiger partial charge < -0.3 is 9.64 Å². The van der Waals surface area contributed by atoms with E-state index >= 15 is 0 Å². The minimum atomic E-state index is -4.63. The Morgan fingerprint density at radius 1 is 1.03 bits per heavy atom. The van der Waals surface area contributed by atoms with Crippen LogP contribution in [-0.4, -0.2) is 65.4 Å². The zero-order valence-electron chi connectivity index (χ0n) is 17.4. The first-order valence-electron chi connectivity index (χ1n) is 10.4. The number of nitrogens with zero attached hydrogens (tertiary/aromatic N) is 3. The number of morpholine rings is 1. The highest BCUT2D eigenvalue weighted by Crippen LogP contribution is 2.42. The summed E-state index contributed by atoms with van der Waals surface area (Å²) in [6.45, 7) is 2.07. The number of amides is 1. The average Bonchev–Trinajstić information content (AvgIpc) is 3.29. The van der Waals surface area contributed by atoms with Gasteiger partial charge in [-0.05, 0) is 30.2 Å². The highest BCUT2D eigenvalue weighted by atomic mass is 19.4. The van der Waals surface area contributed by atoms with Crippen LogP contribution < -0.4 is 0 Å². The molecule has 2 aliphatic heterocycles. The largest absolute Gasteiger partial charge is 0.435 e. The maximum absolute atomic E-state index is 13.2. The molecule has 0 saturated carbocycles. The second-order valence-corrected chi connectivity index (χ2v) is 8.23. The summed E-state index contributed by atoms with van der Waals surface area (Å²) in [4.78, 5) is 15.5. The van der Waals surface area contributed by atoms with E-state index in [1.165, 1.54) is 17.0 Å². The van der Waals surface area contributed by atoms with E-state index in [-0.39, 0.29) is 18.2 Å². The summed E-state index contributed by atoms with van der Waals surface area (Å²) in [5.74, 6) is -0.921. The fourth-order valence-corrected chi connectivity index (χ4v) is 4.65. The molecule has 1 N–H and O–H groups in total. The first-order valence-corrected chi connectivity index (χ1v) is 10.4. The molecule has 33 heavy (non-hydrogen) atoms. The zero-order valence-corrected chi connectivity index (χ0v) is 17.4. The van der Waals surface area contributed by atoms with Gasteiger partial charge in [-0.3, -0.25) is 14.8 Å². The van der Waals surface area contributed by atoms with Crippen molar-refractivity contribution in [1.29, 1.82) is 0 Å². The van der Waals surface area contributed by atoms with E-state index in [9.17, 15) is 31.1 Å². The lowest BCUT2D eigenvalue weighted by atomic mass is 9.80. The normalized spacial score (nSPS) is 25.3. The Kier molecular flexibility index (Phi) is 6.41. The van der Waals surface area contributed by atoms with E-state index < -0.39 is 35.7 Å². The van der Waals surface area contributed by atoms with Gasteiger partial charge in [-0.1, -0.05) is 12.1 Å². The standard InChI is InChI=1S/C21H22F6N4O2/c22-20(23,24)15-3-1-13(2-4-15)14-9-16(17-10-18(29-28-17)21(25,26)27)19(31(11-14)12-32)30-5-7-33-8-6-30/h1-4,10,12,14,16,19H,5-9,11H2,(H,28,29). The lowest BCUT2D eigenvalue weighted by molar-refractivity contribution is -0.141. The molecule has 1 amide bonds. The van der Waals surface area contributed by atoms with Crippen LogP contribution in [0.4, 0.5) is 26.3 Å². The zero-order chi connectivity index (χ0) is 23.8. The molecule has 6 nitrogen and oxygen atoms in total. The maximum atomic E-state index is 13.2.